The number of nitrogens with two attached hydrogens (primary N) is 1. The lowest BCUT2D eigenvalue weighted by molar-refractivity contribution is -0.129. The van der Waals surface area contributed by atoms with Crippen molar-refractivity contribution >= 4 is 16.1 Å². The van der Waals surface area contributed by atoms with E-state index in [1.54, 1.807) is 6.07 Å². The molecule has 2 fully saturated rings. The Morgan fingerprint density at radius 1 is 1.21 bits per heavy atom. The van der Waals surface area contributed by atoms with E-state index in [-0.39, 0.29) is 11.2 Å². The van der Waals surface area contributed by atoms with Gasteiger partial charge in [0.2, 0.25) is 0 Å². The summed E-state index contributed by atoms with van der Waals surface area (Å²) < 4.78 is 27.0. The van der Waals surface area contributed by atoms with Gasteiger partial charge in [-0.1, -0.05) is 13.0 Å². The Balaban J connectivity index is 1.65. The van der Waals surface area contributed by atoms with Crippen molar-refractivity contribution in [1.82, 2.24) is 0 Å². The third kappa shape index (κ3) is 2.47. The molecule has 0 amide bonds. The highest BCUT2D eigenvalue weighted by atomic mass is 32.2. The van der Waals surface area contributed by atoms with Gasteiger partial charge in [-0.25, -0.2) is 0 Å². The second-order valence-electron chi connectivity index (χ2n) is 7.77. The van der Waals surface area contributed by atoms with E-state index in [0.717, 1.165) is 44.1 Å². The fourth-order valence-electron chi connectivity index (χ4n) is 5.52. The Morgan fingerprint density at radius 3 is 2.75 bits per heavy atom. The molecule has 2 N–H and O–H groups in total. The predicted octanol–water partition coefficient (Wildman–Crippen LogP) is 2.69. The Labute approximate surface area is 142 Å². The minimum Gasteiger partial charge on any atom is -0.371 e. The summed E-state index contributed by atoms with van der Waals surface area (Å²) in [6.45, 7) is 2.17. The second kappa shape index (κ2) is 5.30. The fourth-order valence-corrected chi connectivity index (χ4v) is 5.89. The van der Waals surface area contributed by atoms with Gasteiger partial charge < -0.3 is 4.18 Å². The summed E-state index contributed by atoms with van der Waals surface area (Å²) in [5, 5.41) is 4.95. The van der Waals surface area contributed by atoms with Crippen LogP contribution in [-0.2, 0) is 21.5 Å². The lowest BCUT2D eigenvalue weighted by Gasteiger charge is -2.48. The van der Waals surface area contributed by atoms with Crippen LogP contribution in [0.2, 0.25) is 0 Å². The van der Waals surface area contributed by atoms with Crippen LogP contribution in [0.4, 0.5) is 0 Å². The topological polar surface area (TPSA) is 86.5 Å². The molecule has 1 aromatic carbocycles. The summed E-state index contributed by atoms with van der Waals surface area (Å²) in [7, 11) is -3.99. The summed E-state index contributed by atoms with van der Waals surface area (Å²) in [5.41, 5.74) is 2.34. The van der Waals surface area contributed by atoms with Gasteiger partial charge >= 0.3 is 10.3 Å². The molecule has 1 aromatic rings. The number of carbonyl (C=O) groups excluding carboxylic acids is 1. The summed E-state index contributed by atoms with van der Waals surface area (Å²) in [6.07, 6.45) is 5.72. The molecule has 130 valence electrons. The molecule has 4 atom stereocenters. The average Bonchev–Trinajstić information content (AvgIpc) is 2.81. The number of benzene rings is 1. The molecule has 0 heterocycles. The van der Waals surface area contributed by atoms with Gasteiger partial charge in [0.1, 0.15) is 11.5 Å². The third-order valence-electron chi connectivity index (χ3n) is 6.62. The lowest BCUT2D eigenvalue weighted by atomic mass is 9.55. The Kier molecular flexibility index (Phi) is 3.55. The largest absolute Gasteiger partial charge is 0.380 e. The summed E-state index contributed by atoms with van der Waals surface area (Å²) >= 11 is 0. The predicted molar refractivity (Wildman–Crippen MR) is 89.8 cm³/mol. The molecule has 5 nitrogen and oxygen atoms in total. The summed E-state index contributed by atoms with van der Waals surface area (Å²) in [4.78, 5) is 12.3. The van der Waals surface area contributed by atoms with Crippen LogP contribution in [0.25, 0.3) is 0 Å². The van der Waals surface area contributed by atoms with Crippen LogP contribution in [0.15, 0.2) is 18.2 Å². The minimum atomic E-state index is -3.99. The zero-order valence-electron chi connectivity index (χ0n) is 13.8. The van der Waals surface area contributed by atoms with Gasteiger partial charge in [-0.3, -0.25) is 4.79 Å². The van der Waals surface area contributed by atoms with Crippen molar-refractivity contribution < 1.29 is 17.4 Å². The molecule has 24 heavy (non-hydrogen) atoms. The van der Waals surface area contributed by atoms with Crippen molar-refractivity contribution in [2.45, 2.75) is 51.4 Å². The first-order valence-electron chi connectivity index (χ1n) is 8.66. The second-order valence-corrected chi connectivity index (χ2v) is 8.92. The van der Waals surface area contributed by atoms with Gasteiger partial charge in [0, 0.05) is 11.8 Å². The smallest absolute Gasteiger partial charge is 0.371 e. The van der Waals surface area contributed by atoms with Crippen molar-refractivity contribution in [3.63, 3.8) is 0 Å². The number of ketones is 1. The Hall–Kier alpha value is -1.40. The maximum atomic E-state index is 12.3. The lowest BCUT2D eigenvalue weighted by Crippen LogP contribution is -2.42. The van der Waals surface area contributed by atoms with Gasteiger partial charge in [0.15, 0.2) is 0 Å². The monoisotopic (exact) mass is 349 g/mol. The molecule has 4 rings (SSSR count). The highest BCUT2D eigenvalue weighted by Crippen LogP contribution is 2.59. The fraction of sp³-hybridized carbons (Fsp3) is 0.611. The molecule has 2 saturated carbocycles. The number of hydrogen-bond donors (Lipinski definition) is 1. The first-order valence-corrected chi connectivity index (χ1v) is 10.1. The average molecular weight is 349 g/mol. The normalized spacial score (nSPS) is 35.1. The van der Waals surface area contributed by atoms with Gasteiger partial charge in [-0.15, -0.1) is 0 Å². The first kappa shape index (κ1) is 16.1. The van der Waals surface area contributed by atoms with E-state index in [9.17, 15) is 13.2 Å². The molecule has 0 aliphatic heterocycles. The van der Waals surface area contributed by atoms with E-state index >= 15 is 0 Å². The first-order chi connectivity index (χ1) is 11.3. The molecule has 0 bridgehead atoms. The number of rotatable bonds is 2. The van der Waals surface area contributed by atoms with Gasteiger partial charge in [0.25, 0.3) is 0 Å². The molecule has 0 radical (unpaired) electrons. The SMILES string of the molecule is CC12CCC3c4ccc(OS(N)(=O)=O)cc4CCC3[C@@H]1CCC2=O. The quantitative estimate of drug-likeness (QED) is 0.889. The van der Waals surface area contributed by atoms with Crippen LogP contribution in [0.1, 0.15) is 56.1 Å². The van der Waals surface area contributed by atoms with E-state index in [0.29, 0.717) is 23.5 Å². The van der Waals surface area contributed by atoms with Crippen molar-refractivity contribution in [3.05, 3.63) is 29.3 Å². The molecule has 0 aromatic heterocycles. The summed E-state index contributed by atoms with van der Waals surface area (Å²) in [6, 6.07) is 5.49. The van der Waals surface area contributed by atoms with Gasteiger partial charge in [-0.05, 0) is 73.1 Å². The van der Waals surface area contributed by atoms with Gasteiger partial charge in [0.05, 0.1) is 0 Å². The molecule has 3 unspecified atom stereocenters. The van der Waals surface area contributed by atoms with Crippen LogP contribution in [0.3, 0.4) is 0 Å². The van der Waals surface area contributed by atoms with Crippen molar-refractivity contribution in [2.24, 2.45) is 22.4 Å². The minimum absolute atomic E-state index is 0.116. The highest BCUT2D eigenvalue weighted by molar-refractivity contribution is 7.84. The van der Waals surface area contributed by atoms with Crippen molar-refractivity contribution in [3.8, 4) is 5.75 Å². The number of fused-ring (bicyclic) bond motifs is 5. The van der Waals surface area contributed by atoms with Crippen LogP contribution in [0.5, 0.6) is 5.75 Å². The Morgan fingerprint density at radius 2 is 2.00 bits per heavy atom. The molecule has 3 aliphatic carbocycles. The number of hydrogen-bond acceptors (Lipinski definition) is 4. The molecule has 3 aliphatic rings. The van der Waals surface area contributed by atoms with Crippen molar-refractivity contribution in [2.75, 3.05) is 0 Å². The van der Waals surface area contributed by atoms with E-state index in [2.05, 4.69) is 6.92 Å². The molecule has 0 spiro atoms. The summed E-state index contributed by atoms with van der Waals surface area (Å²) in [5.74, 6) is 2.27. The standard InChI is InChI=1S/C18H23NO4S/c1-18-9-8-14-13-5-3-12(23-24(19,21)22)10-11(13)2-4-15(14)16(18)6-7-17(18)20/h3,5,10,14-16H,2,4,6-9H2,1H3,(H2,19,21,22)/t14?,15?,16-,18?/m0/s1. The Bertz CT molecular complexity index is 803. The van der Waals surface area contributed by atoms with Gasteiger partial charge in [-0.2, -0.15) is 13.6 Å². The number of Topliss-reactive ketones (excluding diaryl/α,β-unsaturated/α-hetero) is 1. The molecule has 0 saturated heterocycles. The number of carbonyl (C=O) groups is 1. The van der Waals surface area contributed by atoms with Crippen LogP contribution >= 0.6 is 0 Å². The zero-order chi connectivity index (χ0) is 17.1. The zero-order valence-corrected chi connectivity index (χ0v) is 14.6. The third-order valence-corrected chi connectivity index (χ3v) is 7.04. The maximum absolute atomic E-state index is 12.3. The van der Waals surface area contributed by atoms with E-state index in [1.807, 2.05) is 12.1 Å². The highest BCUT2D eigenvalue weighted by Gasteiger charge is 2.54. The van der Waals surface area contributed by atoms with E-state index in [1.165, 1.54) is 5.56 Å². The molecule has 6 heteroatoms. The van der Waals surface area contributed by atoms with E-state index < -0.39 is 10.3 Å². The van der Waals surface area contributed by atoms with E-state index in [4.69, 9.17) is 9.32 Å². The van der Waals surface area contributed by atoms with Crippen LogP contribution in [-0.4, -0.2) is 14.2 Å². The molecular weight excluding hydrogens is 326 g/mol. The number of aryl methyl sites for hydroxylation is 1. The van der Waals surface area contributed by atoms with Crippen LogP contribution < -0.4 is 9.32 Å². The maximum Gasteiger partial charge on any atom is 0.380 e. The molecular formula is C18H23NO4S. The van der Waals surface area contributed by atoms with Crippen LogP contribution in [0, 0.1) is 17.3 Å². The van der Waals surface area contributed by atoms with Crippen molar-refractivity contribution in [1.29, 1.82) is 0 Å².